The smallest absolute Gasteiger partial charge is 0.268 e. The minimum absolute atomic E-state index is 0.182. The van der Waals surface area contributed by atoms with Crippen molar-refractivity contribution in [3.05, 3.63) is 35.1 Å². The normalized spacial score (nSPS) is 12.4. The Kier molecular flexibility index (Phi) is 4.44. The zero-order valence-corrected chi connectivity index (χ0v) is 12.6. The van der Waals surface area contributed by atoms with Crippen molar-refractivity contribution < 1.29 is 4.79 Å². The van der Waals surface area contributed by atoms with Crippen molar-refractivity contribution in [2.24, 2.45) is 7.05 Å². The highest BCUT2D eigenvalue weighted by Crippen LogP contribution is 2.15. The number of nitrogens with zero attached hydrogens (tertiary/aromatic N) is 4. The number of carbonyl (C=O) groups excluding carboxylic acids is 1. The molecule has 0 aliphatic carbocycles. The van der Waals surface area contributed by atoms with Crippen LogP contribution >= 0.6 is 11.6 Å². The van der Waals surface area contributed by atoms with Gasteiger partial charge in [0.15, 0.2) is 0 Å². The molecule has 2 rings (SSSR count). The van der Waals surface area contributed by atoms with E-state index in [1.165, 1.54) is 6.33 Å². The number of rotatable bonds is 5. The summed E-state index contributed by atoms with van der Waals surface area (Å²) < 4.78 is 3.50. The topological polar surface area (TPSA) is 64.7 Å². The van der Waals surface area contributed by atoms with Crippen LogP contribution in [0.3, 0.4) is 0 Å². The number of nitrogens with one attached hydrogen (secondary N) is 1. The summed E-state index contributed by atoms with van der Waals surface area (Å²) in [4.78, 5) is 16.4. The maximum Gasteiger partial charge on any atom is 0.268 e. The molecule has 1 atom stereocenters. The monoisotopic (exact) mass is 295 g/mol. The van der Waals surface area contributed by atoms with Gasteiger partial charge in [0.25, 0.3) is 5.91 Å². The van der Waals surface area contributed by atoms with E-state index in [2.05, 4.69) is 22.3 Å². The van der Waals surface area contributed by atoms with Crippen LogP contribution in [0.15, 0.2) is 18.6 Å². The maximum absolute atomic E-state index is 12.2. The highest BCUT2D eigenvalue weighted by atomic mass is 35.5. The summed E-state index contributed by atoms with van der Waals surface area (Å²) in [5.74, 6) is 0.568. The Labute approximate surface area is 122 Å². The van der Waals surface area contributed by atoms with Gasteiger partial charge in [-0.05, 0) is 19.4 Å². The van der Waals surface area contributed by atoms with Crippen LogP contribution in [0.25, 0.3) is 0 Å². The zero-order chi connectivity index (χ0) is 14.7. The van der Waals surface area contributed by atoms with Crippen LogP contribution in [0.5, 0.6) is 0 Å². The van der Waals surface area contributed by atoms with Crippen molar-refractivity contribution in [1.29, 1.82) is 0 Å². The van der Waals surface area contributed by atoms with Gasteiger partial charge in [-0.2, -0.15) is 5.10 Å². The highest BCUT2D eigenvalue weighted by Gasteiger charge is 2.18. The molecule has 0 fully saturated rings. The molecule has 0 aromatic carbocycles. The molecule has 6 nitrogen and oxygen atoms in total. The second-order valence-electron chi connectivity index (χ2n) is 4.69. The molecule has 0 bridgehead atoms. The van der Waals surface area contributed by atoms with Crippen LogP contribution in [0.1, 0.15) is 42.6 Å². The molecular formula is C13H18ClN5O. The molecule has 0 aliphatic rings. The van der Waals surface area contributed by atoms with Gasteiger partial charge < -0.3 is 9.88 Å². The largest absolute Gasteiger partial charge is 0.345 e. The van der Waals surface area contributed by atoms with Gasteiger partial charge in [0.1, 0.15) is 17.8 Å². The molecule has 1 amide bonds. The van der Waals surface area contributed by atoms with Crippen LogP contribution in [-0.2, 0) is 13.6 Å². The summed E-state index contributed by atoms with van der Waals surface area (Å²) in [7, 11) is 1.78. The Balaban J connectivity index is 2.11. The molecule has 0 spiro atoms. The Bertz CT molecular complexity index is 604. The van der Waals surface area contributed by atoms with Crippen molar-refractivity contribution >= 4 is 17.5 Å². The molecule has 1 N–H and O–H groups in total. The van der Waals surface area contributed by atoms with Crippen molar-refractivity contribution in [2.75, 3.05) is 0 Å². The second-order valence-corrected chi connectivity index (χ2v) is 5.13. The third kappa shape index (κ3) is 3.01. The molecule has 2 aromatic heterocycles. The van der Waals surface area contributed by atoms with E-state index < -0.39 is 0 Å². The fourth-order valence-electron chi connectivity index (χ4n) is 2.08. The van der Waals surface area contributed by atoms with Gasteiger partial charge in [0.05, 0.1) is 11.1 Å². The van der Waals surface area contributed by atoms with Crippen LogP contribution in [0.2, 0.25) is 5.02 Å². The van der Waals surface area contributed by atoms with E-state index in [4.69, 9.17) is 11.6 Å². The first kappa shape index (κ1) is 14.6. The third-order valence-corrected chi connectivity index (χ3v) is 3.23. The SMILES string of the molecule is CCCn1ncnc1[C@H](C)NC(=O)c1cc(Cl)cn1C. The van der Waals surface area contributed by atoms with Crippen LogP contribution in [0.4, 0.5) is 0 Å². The van der Waals surface area contributed by atoms with Gasteiger partial charge >= 0.3 is 0 Å². The first-order valence-corrected chi connectivity index (χ1v) is 6.91. The highest BCUT2D eigenvalue weighted by molar-refractivity contribution is 6.31. The summed E-state index contributed by atoms with van der Waals surface area (Å²) >= 11 is 5.89. The number of carbonyl (C=O) groups is 1. The van der Waals surface area contributed by atoms with Gasteiger partial charge in [0, 0.05) is 19.8 Å². The van der Waals surface area contributed by atoms with Crippen LogP contribution in [-0.4, -0.2) is 25.2 Å². The average Bonchev–Trinajstić information content (AvgIpc) is 2.96. The van der Waals surface area contributed by atoms with Gasteiger partial charge in [-0.1, -0.05) is 18.5 Å². The summed E-state index contributed by atoms with van der Waals surface area (Å²) in [5, 5.41) is 7.61. The molecule has 0 aliphatic heterocycles. The fourth-order valence-corrected chi connectivity index (χ4v) is 2.33. The average molecular weight is 296 g/mol. The second kappa shape index (κ2) is 6.09. The Morgan fingerprint density at radius 2 is 2.30 bits per heavy atom. The first-order valence-electron chi connectivity index (χ1n) is 6.53. The van der Waals surface area contributed by atoms with E-state index in [0.717, 1.165) is 18.8 Å². The molecule has 0 radical (unpaired) electrons. The van der Waals surface area contributed by atoms with Gasteiger partial charge in [-0.25, -0.2) is 9.67 Å². The molecule has 0 unspecified atom stereocenters. The number of halogens is 1. The molecule has 2 aromatic rings. The van der Waals surface area contributed by atoms with Crippen molar-refractivity contribution in [3.63, 3.8) is 0 Å². The minimum Gasteiger partial charge on any atom is -0.345 e. The van der Waals surface area contributed by atoms with E-state index in [0.29, 0.717) is 10.7 Å². The van der Waals surface area contributed by atoms with Gasteiger partial charge in [-0.3, -0.25) is 4.79 Å². The number of hydrogen-bond donors (Lipinski definition) is 1. The van der Waals surface area contributed by atoms with Crippen LogP contribution in [0, 0.1) is 0 Å². The molecule has 2 heterocycles. The summed E-state index contributed by atoms with van der Waals surface area (Å²) in [6, 6.07) is 1.42. The molecule has 20 heavy (non-hydrogen) atoms. The predicted octanol–water partition coefficient (Wildman–Crippen LogP) is 2.17. The Hall–Kier alpha value is -1.82. The predicted molar refractivity (Wildman–Crippen MR) is 76.6 cm³/mol. The minimum atomic E-state index is -0.217. The lowest BCUT2D eigenvalue weighted by molar-refractivity contribution is 0.0929. The molecule has 0 saturated heterocycles. The number of amides is 1. The molecule has 108 valence electrons. The van der Waals surface area contributed by atoms with Gasteiger partial charge in [0.2, 0.25) is 0 Å². The number of aromatic nitrogens is 4. The fraction of sp³-hybridized carbons (Fsp3) is 0.462. The van der Waals surface area contributed by atoms with E-state index in [1.54, 1.807) is 23.9 Å². The van der Waals surface area contributed by atoms with Crippen molar-refractivity contribution in [1.82, 2.24) is 24.6 Å². The third-order valence-electron chi connectivity index (χ3n) is 3.02. The Morgan fingerprint density at radius 1 is 1.55 bits per heavy atom. The molecule has 0 saturated carbocycles. The first-order chi connectivity index (χ1) is 9.52. The van der Waals surface area contributed by atoms with Gasteiger partial charge in [-0.15, -0.1) is 0 Å². The standard InChI is InChI=1S/C13H18ClN5O/c1-4-5-19-12(15-8-16-19)9(2)17-13(20)11-6-10(14)7-18(11)3/h6-9H,4-5H2,1-3H3,(H,17,20)/t9-/m0/s1. The molecule has 7 heteroatoms. The van der Waals surface area contributed by atoms with E-state index in [-0.39, 0.29) is 11.9 Å². The maximum atomic E-state index is 12.2. The van der Waals surface area contributed by atoms with Crippen molar-refractivity contribution in [2.45, 2.75) is 32.9 Å². The summed E-state index contributed by atoms with van der Waals surface area (Å²) in [5.41, 5.74) is 0.517. The van der Waals surface area contributed by atoms with Crippen LogP contribution < -0.4 is 5.32 Å². The number of hydrogen-bond acceptors (Lipinski definition) is 3. The lowest BCUT2D eigenvalue weighted by atomic mass is 10.3. The molecular weight excluding hydrogens is 278 g/mol. The zero-order valence-electron chi connectivity index (χ0n) is 11.8. The van der Waals surface area contributed by atoms with E-state index in [9.17, 15) is 4.79 Å². The lowest BCUT2D eigenvalue weighted by Gasteiger charge is -2.14. The van der Waals surface area contributed by atoms with Crippen molar-refractivity contribution in [3.8, 4) is 0 Å². The lowest BCUT2D eigenvalue weighted by Crippen LogP contribution is -2.30. The quantitative estimate of drug-likeness (QED) is 0.919. The van der Waals surface area contributed by atoms with E-state index in [1.807, 2.05) is 11.6 Å². The summed E-state index contributed by atoms with van der Waals surface area (Å²) in [6.07, 6.45) is 4.16. The number of aryl methyl sites for hydroxylation is 2. The Morgan fingerprint density at radius 3 is 2.90 bits per heavy atom. The van der Waals surface area contributed by atoms with E-state index >= 15 is 0 Å². The summed E-state index contributed by atoms with van der Waals surface area (Å²) in [6.45, 7) is 4.74.